The van der Waals surface area contributed by atoms with Crippen LogP contribution in [0.25, 0.3) is 0 Å². The predicted octanol–water partition coefficient (Wildman–Crippen LogP) is 3.19. The van der Waals surface area contributed by atoms with Gasteiger partial charge in [-0.05, 0) is 19.3 Å². The second-order valence-corrected chi connectivity index (χ2v) is 5.01. The van der Waals surface area contributed by atoms with Crippen LogP contribution in [0.3, 0.4) is 0 Å². The minimum Gasteiger partial charge on any atom is -0.367 e. The van der Waals surface area contributed by atoms with E-state index >= 15 is 0 Å². The largest absolute Gasteiger partial charge is 0.367 e. The molecule has 0 saturated carbocycles. The van der Waals surface area contributed by atoms with E-state index < -0.39 is 0 Å². The molecule has 1 aliphatic heterocycles. The van der Waals surface area contributed by atoms with E-state index in [1.54, 1.807) is 11.3 Å². The third-order valence-corrected chi connectivity index (χ3v) is 4.10. The Bertz CT molecular complexity index is 252. The molecular weight excluding hydrogens is 297 g/mol. The Morgan fingerprint density at radius 1 is 1.62 bits per heavy atom. The van der Waals surface area contributed by atoms with E-state index in [1.807, 2.05) is 11.6 Å². The lowest BCUT2D eigenvalue weighted by molar-refractivity contribution is -0.0376. The first-order chi connectivity index (χ1) is 6.40. The normalized spacial score (nSPS) is 29.0. The molecule has 0 bridgehead atoms. The first kappa shape index (κ1) is 9.86. The molecule has 72 valence electrons. The van der Waals surface area contributed by atoms with Crippen LogP contribution in [0.5, 0.6) is 0 Å². The maximum atomic E-state index is 5.92. The highest BCUT2D eigenvalue weighted by atomic mass is 127. The van der Waals surface area contributed by atoms with Gasteiger partial charge in [0.2, 0.25) is 0 Å². The molecule has 13 heavy (non-hydrogen) atoms. The number of hydrogen-bond acceptors (Lipinski definition) is 3. The van der Waals surface area contributed by atoms with Crippen LogP contribution in [0.2, 0.25) is 0 Å². The maximum absolute atomic E-state index is 5.92. The minimum absolute atomic E-state index is 0.272. The molecule has 1 aliphatic rings. The third-order valence-electron chi connectivity index (χ3n) is 2.25. The molecule has 1 saturated heterocycles. The van der Waals surface area contributed by atoms with Crippen molar-refractivity contribution in [2.24, 2.45) is 0 Å². The molecule has 2 unspecified atom stereocenters. The average molecular weight is 309 g/mol. The summed E-state index contributed by atoms with van der Waals surface area (Å²) in [6.07, 6.45) is 6.21. The van der Waals surface area contributed by atoms with Crippen LogP contribution >= 0.6 is 33.9 Å². The first-order valence-corrected chi connectivity index (χ1v) is 6.91. The molecule has 0 N–H and O–H groups in total. The van der Waals surface area contributed by atoms with Crippen LogP contribution in [0.1, 0.15) is 30.4 Å². The summed E-state index contributed by atoms with van der Waals surface area (Å²) >= 11 is 4.10. The van der Waals surface area contributed by atoms with E-state index in [1.165, 1.54) is 12.8 Å². The van der Waals surface area contributed by atoms with Crippen molar-refractivity contribution in [1.82, 2.24) is 4.98 Å². The molecule has 0 spiro atoms. The molecule has 0 aliphatic carbocycles. The molecule has 0 amide bonds. The Morgan fingerprint density at radius 3 is 3.23 bits per heavy atom. The van der Waals surface area contributed by atoms with E-state index in [0.717, 1.165) is 15.9 Å². The molecule has 2 atom stereocenters. The summed E-state index contributed by atoms with van der Waals surface area (Å²) in [5.41, 5.74) is 0. The van der Waals surface area contributed by atoms with Gasteiger partial charge in [0.15, 0.2) is 0 Å². The summed E-state index contributed by atoms with van der Waals surface area (Å²) < 4.78 is 7.02. The van der Waals surface area contributed by atoms with Crippen molar-refractivity contribution in [3.05, 3.63) is 16.6 Å². The molecule has 0 aromatic carbocycles. The fourth-order valence-electron chi connectivity index (χ4n) is 1.59. The van der Waals surface area contributed by atoms with Crippen LogP contribution in [0.15, 0.2) is 11.6 Å². The molecule has 2 heterocycles. The van der Waals surface area contributed by atoms with Crippen molar-refractivity contribution in [2.45, 2.75) is 31.5 Å². The topological polar surface area (TPSA) is 22.1 Å². The van der Waals surface area contributed by atoms with Gasteiger partial charge in [-0.2, -0.15) is 0 Å². The maximum Gasteiger partial charge on any atom is 0.121 e. The summed E-state index contributed by atoms with van der Waals surface area (Å²) in [7, 11) is 0. The van der Waals surface area contributed by atoms with Crippen LogP contribution in [0, 0.1) is 0 Å². The van der Waals surface area contributed by atoms with E-state index in [4.69, 9.17) is 4.74 Å². The summed E-state index contributed by atoms with van der Waals surface area (Å²) in [4.78, 5) is 4.30. The van der Waals surface area contributed by atoms with Gasteiger partial charge in [0.05, 0.1) is 6.10 Å². The van der Waals surface area contributed by atoms with Crippen molar-refractivity contribution < 1.29 is 4.74 Å². The Hall–Kier alpha value is 0.320. The van der Waals surface area contributed by atoms with Crippen molar-refractivity contribution >= 4 is 33.9 Å². The number of halogens is 1. The number of alkyl halides is 1. The summed E-state index contributed by atoms with van der Waals surface area (Å²) in [5.74, 6) is 0. The number of thiazole rings is 1. The highest BCUT2D eigenvalue weighted by Gasteiger charge is 2.24. The number of ether oxygens (including phenoxy) is 1. The van der Waals surface area contributed by atoms with Gasteiger partial charge in [0.1, 0.15) is 11.1 Å². The summed E-state index contributed by atoms with van der Waals surface area (Å²) in [6.45, 7) is 0. The van der Waals surface area contributed by atoms with Crippen LogP contribution in [-0.4, -0.2) is 15.5 Å². The quantitative estimate of drug-likeness (QED) is 0.618. The Morgan fingerprint density at radius 2 is 2.54 bits per heavy atom. The fourth-order valence-corrected chi connectivity index (χ4v) is 2.94. The van der Waals surface area contributed by atoms with Crippen LogP contribution < -0.4 is 0 Å². The van der Waals surface area contributed by atoms with Gasteiger partial charge in [0.25, 0.3) is 0 Å². The zero-order chi connectivity index (χ0) is 9.10. The number of hydrogen-bond donors (Lipinski definition) is 0. The van der Waals surface area contributed by atoms with Crippen molar-refractivity contribution in [3.63, 3.8) is 0 Å². The standard InChI is InChI=1S/C9H12INOS/c10-6-7-2-1-3-8(12-7)9-11-4-5-13-9/h4-5,7-8H,1-3,6H2. The van der Waals surface area contributed by atoms with Gasteiger partial charge < -0.3 is 4.74 Å². The molecule has 4 heteroatoms. The molecule has 1 aromatic heterocycles. The lowest BCUT2D eigenvalue weighted by atomic mass is 10.1. The second kappa shape index (κ2) is 4.70. The SMILES string of the molecule is ICC1CCCC(c2nccs2)O1. The number of aromatic nitrogens is 1. The van der Waals surface area contributed by atoms with Gasteiger partial charge in [-0.3, -0.25) is 0 Å². The Balaban J connectivity index is 2.00. The Kier molecular flexibility index (Phi) is 3.57. The minimum atomic E-state index is 0.272. The van der Waals surface area contributed by atoms with E-state index in [-0.39, 0.29) is 6.10 Å². The van der Waals surface area contributed by atoms with Crippen LogP contribution in [-0.2, 0) is 4.74 Å². The number of nitrogens with zero attached hydrogens (tertiary/aromatic N) is 1. The highest BCUT2D eigenvalue weighted by Crippen LogP contribution is 2.32. The van der Waals surface area contributed by atoms with E-state index in [0.29, 0.717) is 6.10 Å². The van der Waals surface area contributed by atoms with Crippen molar-refractivity contribution in [1.29, 1.82) is 0 Å². The number of rotatable bonds is 2. The van der Waals surface area contributed by atoms with Crippen molar-refractivity contribution in [2.75, 3.05) is 4.43 Å². The smallest absolute Gasteiger partial charge is 0.121 e. The predicted molar refractivity (Wildman–Crippen MR) is 62.5 cm³/mol. The van der Waals surface area contributed by atoms with Gasteiger partial charge in [-0.15, -0.1) is 11.3 Å². The Labute approximate surface area is 95.9 Å². The average Bonchev–Trinajstić information content (AvgIpc) is 2.71. The summed E-state index contributed by atoms with van der Waals surface area (Å²) in [6, 6.07) is 0. The van der Waals surface area contributed by atoms with Crippen molar-refractivity contribution in [3.8, 4) is 0 Å². The molecular formula is C9H12INOS. The second-order valence-electron chi connectivity index (χ2n) is 3.20. The lowest BCUT2D eigenvalue weighted by Gasteiger charge is -2.27. The molecule has 2 rings (SSSR count). The van der Waals surface area contributed by atoms with Crippen LogP contribution in [0.4, 0.5) is 0 Å². The molecule has 2 nitrogen and oxygen atoms in total. The van der Waals surface area contributed by atoms with E-state index in [9.17, 15) is 0 Å². The molecule has 1 fully saturated rings. The van der Waals surface area contributed by atoms with Gasteiger partial charge >= 0.3 is 0 Å². The third kappa shape index (κ3) is 2.41. The highest BCUT2D eigenvalue weighted by molar-refractivity contribution is 14.1. The molecule has 0 radical (unpaired) electrons. The monoisotopic (exact) mass is 309 g/mol. The van der Waals surface area contributed by atoms with Gasteiger partial charge in [-0.1, -0.05) is 22.6 Å². The lowest BCUT2D eigenvalue weighted by Crippen LogP contribution is -2.23. The first-order valence-electron chi connectivity index (χ1n) is 4.51. The van der Waals surface area contributed by atoms with Gasteiger partial charge in [-0.25, -0.2) is 4.98 Å². The molecule has 1 aromatic rings. The van der Waals surface area contributed by atoms with Gasteiger partial charge in [0, 0.05) is 16.0 Å². The zero-order valence-electron chi connectivity index (χ0n) is 7.28. The fraction of sp³-hybridized carbons (Fsp3) is 0.667. The zero-order valence-corrected chi connectivity index (χ0v) is 10.3. The van der Waals surface area contributed by atoms with E-state index in [2.05, 4.69) is 27.6 Å². The summed E-state index contributed by atoms with van der Waals surface area (Å²) in [5, 5.41) is 3.17.